The molecule has 0 fully saturated rings. The Morgan fingerprint density at radius 2 is 1.63 bits per heavy atom. The molecule has 4 heteroatoms. The first kappa shape index (κ1) is 18.8. The van der Waals surface area contributed by atoms with E-state index in [1.807, 2.05) is 6.92 Å². The molecule has 0 aromatic rings. The molecule has 0 aliphatic heterocycles. The lowest BCUT2D eigenvalue weighted by molar-refractivity contribution is 0.00655. The van der Waals surface area contributed by atoms with Crippen molar-refractivity contribution < 1.29 is 14.6 Å². The van der Waals surface area contributed by atoms with E-state index in [2.05, 4.69) is 12.2 Å². The molecule has 0 aromatic carbocycles. The van der Waals surface area contributed by atoms with Crippen molar-refractivity contribution in [1.29, 1.82) is 0 Å². The van der Waals surface area contributed by atoms with Gasteiger partial charge in [0.15, 0.2) is 0 Å². The van der Waals surface area contributed by atoms with Crippen LogP contribution in [0.5, 0.6) is 0 Å². The summed E-state index contributed by atoms with van der Waals surface area (Å²) in [6.07, 6.45) is 7.40. The van der Waals surface area contributed by atoms with Crippen LogP contribution in [0.3, 0.4) is 0 Å². The van der Waals surface area contributed by atoms with E-state index in [9.17, 15) is 5.11 Å². The predicted molar refractivity (Wildman–Crippen MR) is 79.6 cm³/mol. The molecule has 0 aliphatic rings. The largest absolute Gasteiger partial charge is 0.389 e. The quantitative estimate of drug-likeness (QED) is 0.450. The lowest BCUT2D eigenvalue weighted by Gasteiger charge is -2.12. The highest BCUT2D eigenvalue weighted by Gasteiger charge is 2.03. The van der Waals surface area contributed by atoms with Crippen molar-refractivity contribution in [3.8, 4) is 0 Å². The minimum atomic E-state index is -0.415. The van der Waals surface area contributed by atoms with Gasteiger partial charge in [-0.15, -0.1) is 0 Å². The second kappa shape index (κ2) is 15.9. The standard InChI is InChI=1S/C15H33NO3/c1-3-5-6-7-8-9-10-16-13-15(17)14-19-12-11-18-4-2/h15-17H,3-14H2,1-2H3. The van der Waals surface area contributed by atoms with Crippen LogP contribution in [0, 0.1) is 0 Å². The topological polar surface area (TPSA) is 50.7 Å². The fraction of sp³-hybridized carbons (Fsp3) is 1.00. The van der Waals surface area contributed by atoms with Gasteiger partial charge >= 0.3 is 0 Å². The van der Waals surface area contributed by atoms with Gasteiger partial charge in [-0.3, -0.25) is 0 Å². The Bertz CT molecular complexity index is 167. The fourth-order valence-electron chi connectivity index (χ4n) is 1.84. The molecular formula is C15H33NO3. The third kappa shape index (κ3) is 15.8. The summed E-state index contributed by atoms with van der Waals surface area (Å²) >= 11 is 0. The number of nitrogens with one attached hydrogen (secondary N) is 1. The van der Waals surface area contributed by atoms with Crippen LogP contribution >= 0.6 is 0 Å². The first-order valence-electron chi connectivity index (χ1n) is 7.85. The van der Waals surface area contributed by atoms with Gasteiger partial charge in [-0.25, -0.2) is 0 Å². The van der Waals surface area contributed by atoms with Gasteiger partial charge in [-0.2, -0.15) is 0 Å². The van der Waals surface area contributed by atoms with E-state index in [4.69, 9.17) is 9.47 Å². The number of hydrogen-bond acceptors (Lipinski definition) is 4. The van der Waals surface area contributed by atoms with Crippen molar-refractivity contribution in [3.63, 3.8) is 0 Å². The number of rotatable bonds is 15. The normalized spacial score (nSPS) is 12.8. The van der Waals surface area contributed by atoms with E-state index in [0.29, 0.717) is 33.0 Å². The maximum absolute atomic E-state index is 9.65. The minimum absolute atomic E-state index is 0.385. The summed E-state index contributed by atoms with van der Waals surface area (Å²) in [4.78, 5) is 0. The molecule has 4 nitrogen and oxygen atoms in total. The average molecular weight is 275 g/mol. The molecule has 2 N–H and O–H groups in total. The van der Waals surface area contributed by atoms with Crippen molar-refractivity contribution in [3.05, 3.63) is 0 Å². The molecule has 0 saturated heterocycles. The van der Waals surface area contributed by atoms with Gasteiger partial charge in [-0.1, -0.05) is 39.0 Å². The molecule has 116 valence electrons. The number of ether oxygens (including phenoxy) is 2. The Morgan fingerprint density at radius 1 is 0.947 bits per heavy atom. The van der Waals surface area contributed by atoms with Crippen LogP contribution in [0.1, 0.15) is 52.4 Å². The molecule has 0 aliphatic carbocycles. The van der Waals surface area contributed by atoms with Crippen molar-refractivity contribution in [1.82, 2.24) is 5.32 Å². The zero-order valence-electron chi connectivity index (χ0n) is 12.8. The van der Waals surface area contributed by atoms with Gasteiger partial charge in [0.05, 0.1) is 25.9 Å². The van der Waals surface area contributed by atoms with Crippen LogP contribution in [0.2, 0.25) is 0 Å². The van der Waals surface area contributed by atoms with Gasteiger partial charge in [-0.05, 0) is 19.9 Å². The number of aliphatic hydroxyl groups excluding tert-OH is 1. The van der Waals surface area contributed by atoms with Crippen molar-refractivity contribution >= 4 is 0 Å². The predicted octanol–water partition coefficient (Wildman–Crippen LogP) is 2.35. The van der Waals surface area contributed by atoms with Gasteiger partial charge in [0.1, 0.15) is 0 Å². The monoisotopic (exact) mass is 275 g/mol. The van der Waals surface area contributed by atoms with Crippen LogP contribution in [0.4, 0.5) is 0 Å². The Balaban J connectivity index is 3.09. The number of unbranched alkanes of at least 4 members (excludes halogenated alkanes) is 5. The molecule has 0 amide bonds. The maximum atomic E-state index is 9.65. The Kier molecular flexibility index (Phi) is 15.8. The highest BCUT2D eigenvalue weighted by atomic mass is 16.5. The molecule has 0 radical (unpaired) electrons. The zero-order chi connectivity index (χ0) is 14.2. The summed E-state index contributed by atoms with van der Waals surface area (Å²) in [5.74, 6) is 0. The van der Waals surface area contributed by atoms with Crippen molar-refractivity contribution in [2.24, 2.45) is 0 Å². The summed E-state index contributed by atoms with van der Waals surface area (Å²) < 4.78 is 10.5. The van der Waals surface area contributed by atoms with E-state index in [0.717, 1.165) is 6.54 Å². The first-order chi connectivity index (χ1) is 9.31. The van der Waals surface area contributed by atoms with Gasteiger partial charge in [0.25, 0.3) is 0 Å². The summed E-state index contributed by atoms with van der Waals surface area (Å²) in [6.45, 7) is 8.06. The van der Waals surface area contributed by atoms with Gasteiger partial charge in [0, 0.05) is 13.2 Å². The molecule has 0 bridgehead atoms. The molecule has 19 heavy (non-hydrogen) atoms. The average Bonchev–Trinajstić information content (AvgIpc) is 2.41. The van der Waals surface area contributed by atoms with E-state index in [1.165, 1.54) is 38.5 Å². The number of hydrogen-bond donors (Lipinski definition) is 2. The van der Waals surface area contributed by atoms with E-state index in [1.54, 1.807) is 0 Å². The Hall–Kier alpha value is -0.160. The summed E-state index contributed by atoms with van der Waals surface area (Å²) in [7, 11) is 0. The van der Waals surface area contributed by atoms with Crippen LogP contribution < -0.4 is 5.32 Å². The van der Waals surface area contributed by atoms with Crippen LogP contribution in [0.25, 0.3) is 0 Å². The minimum Gasteiger partial charge on any atom is -0.389 e. The number of aliphatic hydroxyl groups is 1. The van der Waals surface area contributed by atoms with Crippen LogP contribution in [-0.4, -0.2) is 50.7 Å². The zero-order valence-corrected chi connectivity index (χ0v) is 12.8. The van der Waals surface area contributed by atoms with Gasteiger partial charge < -0.3 is 19.9 Å². The third-order valence-electron chi connectivity index (χ3n) is 2.97. The highest BCUT2D eigenvalue weighted by molar-refractivity contribution is 4.58. The Labute approximate surface area is 118 Å². The summed E-state index contributed by atoms with van der Waals surface area (Å²) in [5, 5.41) is 12.9. The van der Waals surface area contributed by atoms with Crippen molar-refractivity contribution in [2.45, 2.75) is 58.5 Å². The molecule has 1 atom stereocenters. The fourth-order valence-corrected chi connectivity index (χ4v) is 1.84. The lowest BCUT2D eigenvalue weighted by atomic mass is 10.1. The SMILES string of the molecule is CCCCCCCCNCC(O)COCCOCC. The van der Waals surface area contributed by atoms with E-state index >= 15 is 0 Å². The van der Waals surface area contributed by atoms with Crippen LogP contribution in [0.15, 0.2) is 0 Å². The molecule has 0 rings (SSSR count). The molecule has 0 aromatic heterocycles. The third-order valence-corrected chi connectivity index (χ3v) is 2.97. The first-order valence-corrected chi connectivity index (χ1v) is 7.85. The molecule has 0 heterocycles. The molecule has 0 saturated carbocycles. The second-order valence-electron chi connectivity index (χ2n) is 4.90. The van der Waals surface area contributed by atoms with Gasteiger partial charge in [0.2, 0.25) is 0 Å². The molecule has 1 unspecified atom stereocenters. The lowest BCUT2D eigenvalue weighted by Crippen LogP contribution is -2.31. The maximum Gasteiger partial charge on any atom is 0.0897 e. The Morgan fingerprint density at radius 3 is 2.37 bits per heavy atom. The van der Waals surface area contributed by atoms with E-state index < -0.39 is 6.10 Å². The van der Waals surface area contributed by atoms with Crippen LogP contribution in [-0.2, 0) is 9.47 Å². The smallest absolute Gasteiger partial charge is 0.0897 e. The van der Waals surface area contributed by atoms with E-state index in [-0.39, 0.29) is 0 Å². The second-order valence-corrected chi connectivity index (χ2v) is 4.90. The summed E-state index contributed by atoms with van der Waals surface area (Å²) in [5.41, 5.74) is 0. The molecule has 0 spiro atoms. The molecular weight excluding hydrogens is 242 g/mol. The van der Waals surface area contributed by atoms with Crippen molar-refractivity contribution in [2.75, 3.05) is 39.5 Å². The summed E-state index contributed by atoms with van der Waals surface area (Å²) in [6, 6.07) is 0. The highest BCUT2D eigenvalue weighted by Crippen LogP contribution is 2.03.